The van der Waals surface area contributed by atoms with Crippen LogP contribution in [0, 0.1) is 5.82 Å². The average Bonchev–Trinajstić information content (AvgIpc) is 2.73. The number of piperazine rings is 1. The van der Waals surface area contributed by atoms with Crippen LogP contribution in [-0.4, -0.2) is 48.1 Å². The van der Waals surface area contributed by atoms with Gasteiger partial charge in [-0.3, -0.25) is 0 Å². The van der Waals surface area contributed by atoms with E-state index in [2.05, 4.69) is 5.32 Å². The molecule has 1 aromatic carbocycles. The van der Waals surface area contributed by atoms with Gasteiger partial charge in [0.2, 0.25) is 0 Å². The Balaban J connectivity index is 1.77. The molecule has 3 rings (SSSR count). The molecule has 0 radical (unpaired) electrons. The highest BCUT2D eigenvalue weighted by Gasteiger charge is 2.38. The summed E-state index contributed by atoms with van der Waals surface area (Å²) in [6.45, 7) is 3.26. The molecule has 2 amide bonds. The fourth-order valence-corrected chi connectivity index (χ4v) is 2.89. The third-order valence-corrected chi connectivity index (χ3v) is 3.98. The lowest BCUT2D eigenvalue weighted by molar-refractivity contribution is 0.178. The molecule has 2 saturated heterocycles. The van der Waals surface area contributed by atoms with Crippen LogP contribution in [0.1, 0.15) is 5.56 Å². The second-order valence-electron chi connectivity index (χ2n) is 4.93. The SMILES string of the molecule is O=C1N(Cc2cccc(Cl)c2F)CC2CNCCN12. The second kappa shape index (κ2) is 4.98. The predicted octanol–water partition coefficient (Wildman–Crippen LogP) is 1.69. The molecular weight excluding hydrogens is 269 g/mol. The van der Waals surface area contributed by atoms with Crippen LogP contribution >= 0.6 is 11.6 Å². The molecule has 2 aliphatic heterocycles. The van der Waals surface area contributed by atoms with Gasteiger partial charge in [-0.1, -0.05) is 23.7 Å². The Morgan fingerprint density at radius 2 is 2.32 bits per heavy atom. The molecule has 1 N–H and O–H groups in total. The minimum Gasteiger partial charge on any atom is -0.318 e. The van der Waals surface area contributed by atoms with Gasteiger partial charge in [-0.25, -0.2) is 9.18 Å². The summed E-state index contributed by atoms with van der Waals surface area (Å²) in [5.74, 6) is -0.431. The molecule has 1 aromatic rings. The summed E-state index contributed by atoms with van der Waals surface area (Å²) < 4.78 is 13.9. The summed E-state index contributed by atoms with van der Waals surface area (Å²) in [4.78, 5) is 15.8. The number of halogens is 2. The number of rotatable bonds is 2. The summed E-state index contributed by atoms with van der Waals surface area (Å²) in [7, 11) is 0. The molecule has 0 aromatic heterocycles. The van der Waals surface area contributed by atoms with Crippen molar-refractivity contribution in [3.05, 3.63) is 34.6 Å². The highest BCUT2D eigenvalue weighted by molar-refractivity contribution is 6.30. The van der Waals surface area contributed by atoms with E-state index in [0.717, 1.165) is 19.6 Å². The highest BCUT2D eigenvalue weighted by Crippen LogP contribution is 2.23. The topological polar surface area (TPSA) is 35.6 Å². The van der Waals surface area contributed by atoms with Crippen LogP contribution in [0.3, 0.4) is 0 Å². The fraction of sp³-hybridized carbons (Fsp3) is 0.462. The number of carbonyl (C=O) groups is 1. The Hall–Kier alpha value is -1.33. The Labute approximate surface area is 116 Å². The van der Waals surface area contributed by atoms with Crippen LogP contribution in [0.25, 0.3) is 0 Å². The van der Waals surface area contributed by atoms with Gasteiger partial charge in [0.05, 0.1) is 17.6 Å². The zero-order valence-corrected chi connectivity index (χ0v) is 11.2. The van der Waals surface area contributed by atoms with E-state index in [0.29, 0.717) is 12.1 Å². The summed E-state index contributed by atoms with van der Waals surface area (Å²) in [5, 5.41) is 3.37. The Morgan fingerprint density at radius 3 is 3.11 bits per heavy atom. The minimum atomic E-state index is -0.431. The first-order valence-corrected chi connectivity index (χ1v) is 6.74. The number of nitrogens with zero attached hydrogens (tertiary/aromatic N) is 2. The lowest BCUT2D eigenvalue weighted by atomic mass is 10.2. The molecule has 6 heteroatoms. The van der Waals surface area contributed by atoms with Crippen molar-refractivity contribution in [2.75, 3.05) is 26.2 Å². The van der Waals surface area contributed by atoms with Gasteiger partial charge >= 0.3 is 6.03 Å². The lowest BCUT2D eigenvalue weighted by Gasteiger charge is -2.28. The maximum Gasteiger partial charge on any atom is 0.320 e. The Morgan fingerprint density at radius 1 is 1.47 bits per heavy atom. The number of carbonyl (C=O) groups excluding carboxylic acids is 1. The molecule has 102 valence electrons. The maximum absolute atomic E-state index is 13.9. The summed E-state index contributed by atoms with van der Waals surface area (Å²) >= 11 is 5.76. The van der Waals surface area contributed by atoms with Crippen molar-refractivity contribution in [1.82, 2.24) is 15.1 Å². The van der Waals surface area contributed by atoms with Gasteiger partial charge in [0.15, 0.2) is 0 Å². The molecule has 0 spiro atoms. The molecule has 19 heavy (non-hydrogen) atoms. The zero-order valence-electron chi connectivity index (χ0n) is 10.4. The van der Waals surface area contributed by atoms with Gasteiger partial charge in [-0.2, -0.15) is 0 Å². The summed E-state index contributed by atoms with van der Waals surface area (Å²) in [5.41, 5.74) is 0.466. The third kappa shape index (κ3) is 2.28. The number of hydrogen-bond donors (Lipinski definition) is 1. The zero-order chi connectivity index (χ0) is 13.4. The van der Waals surface area contributed by atoms with Crippen molar-refractivity contribution in [2.45, 2.75) is 12.6 Å². The van der Waals surface area contributed by atoms with Gasteiger partial charge in [0, 0.05) is 31.7 Å². The van der Waals surface area contributed by atoms with Crippen LogP contribution in [0.2, 0.25) is 5.02 Å². The quantitative estimate of drug-likeness (QED) is 0.896. The third-order valence-electron chi connectivity index (χ3n) is 3.69. The van der Waals surface area contributed by atoms with E-state index in [4.69, 9.17) is 11.6 Å². The maximum atomic E-state index is 13.9. The molecule has 2 aliphatic rings. The number of urea groups is 1. The van der Waals surface area contributed by atoms with Gasteiger partial charge in [0.1, 0.15) is 5.82 Å². The molecule has 0 bridgehead atoms. The smallest absolute Gasteiger partial charge is 0.318 e. The van der Waals surface area contributed by atoms with Gasteiger partial charge in [0.25, 0.3) is 0 Å². The molecule has 1 unspecified atom stereocenters. The first-order valence-electron chi connectivity index (χ1n) is 6.36. The molecule has 2 fully saturated rings. The first kappa shape index (κ1) is 12.7. The van der Waals surface area contributed by atoms with Crippen molar-refractivity contribution >= 4 is 17.6 Å². The average molecular weight is 284 g/mol. The Kier molecular flexibility index (Phi) is 3.33. The first-order chi connectivity index (χ1) is 9.16. The van der Waals surface area contributed by atoms with Gasteiger partial charge in [-0.05, 0) is 6.07 Å². The number of fused-ring (bicyclic) bond motifs is 1. The normalized spacial score (nSPS) is 22.8. The monoisotopic (exact) mass is 283 g/mol. The van der Waals surface area contributed by atoms with E-state index >= 15 is 0 Å². The van der Waals surface area contributed by atoms with Crippen molar-refractivity contribution in [2.24, 2.45) is 0 Å². The predicted molar refractivity (Wildman–Crippen MR) is 70.6 cm³/mol. The van der Waals surface area contributed by atoms with E-state index in [1.165, 1.54) is 6.07 Å². The molecule has 2 heterocycles. The lowest BCUT2D eigenvalue weighted by Crippen LogP contribution is -2.49. The van der Waals surface area contributed by atoms with E-state index in [9.17, 15) is 9.18 Å². The largest absolute Gasteiger partial charge is 0.320 e. The fourth-order valence-electron chi connectivity index (χ4n) is 2.70. The Bertz CT molecular complexity index is 511. The van der Waals surface area contributed by atoms with Crippen molar-refractivity contribution in [3.8, 4) is 0 Å². The summed E-state index contributed by atoms with van der Waals surface area (Å²) in [6, 6.07) is 5.08. The van der Waals surface area contributed by atoms with Gasteiger partial charge < -0.3 is 15.1 Å². The van der Waals surface area contributed by atoms with Crippen LogP contribution in [0.15, 0.2) is 18.2 Å². The highest BCUT2D eigenvalue weighted by atomic mass is 35.5. The second-order valence-corrected chi connectivity index (χ2v) is 5.33. The van der Waals surface area contributed by atoms with Crippen molar-refractivity contribution < 1.29 is 9.18 Å². The number of hydrogen-bond acceptors (Lipinski definition) is 2. The summed E-state index contributed by atoms with van der Waals surface area (Å²) in [6.07, 6.45) is 0. The van der Waals surface area contributed by atoms with Crippen molar-refractivity contribution in [1.29, 1.82) is 0 Å². The molecule has 1 atom stereocenters. The molecule has 0 aliphatic carbocycles. The van der Waals surface area contributed by atoms with Crippen LogP contribution in [0.5, 0.6) is 0 Å². The van der Waals surface area contributed by atoms with Crippen LogP contribution < -0.4 is 5.32 Å². The standard InChI is InChI=1S/C13H15ClFN3O/c14-11-3-1-2-9(12(11)15)7-17-8-10-6-16-4-5-18(10)13(17)19/h1-3,10,16H,4-8H2. The van der Waals surface area contributed by atoms with Crippen LogP contribution in [-0.2, 0) is 6.54 Å². The van der Waals surface area contributed by atoms with E-state index in [-0.39, 0.29) is 23.6 Å². The minimum absolute atomic E-state index is 0.00845. The van der Waals surface area contributed by atoms with Crippen LogP contribution in [0.4, 0.5) is 9.18 Å². The molecule has 4 nitrogen and oxygen atoms in total. The van der Waals surface area contributed by atoms with E-state index in [1.54, 1.807) is 17.0 Å². The van der Waals surface area contributed by atoms with E-state index < -0.39 is 5.82 Å². The van der Waals surface area contributed by atoms with E-state index in [1.807, 2.05) is 4.90 Å². The molecule has 0 saturated carbocycles. The number of benzene rings is 1. The molecular formula is C13H15ClFN3O. The van der Waals surface area contributed by atoms with Crippen molar-refractivity contribution in [3.63, 3.8) is 0 Å². The van der Waals surface area contributed by atoms with Gasteiger partial charge in [-0.15, -0.1) is 0 Å². The number of nitrogens with one attached hydrogen (secondary N) is 1. The number of amides is 2.